The minimum Gasteiger partial charge on any atom is -0.474 e. The average molecular weight is 458 g/mol. The topological polar surface area (TPSA) is 108 Å². The van der Waals surface area contributed by atoms with E-state index in [2.05, 4.69) is 15.3 Å². The number of sulfonamides is 1. The summed E-state index contributed by atoms with van der Waals surface area (Å²) in [5.74, 6) is 0.264. The molecule has 32 heavy (non-hydrogen) atoms. The van der Waals surface area contributed by atoms with Crippen LogP contribution < -0.4 is 10.1 Å². The van der Waals surface area contributed by atoms with Gasteiger partial charge in [-0.2, -0.15) is 9.57 Å². The molecule has 10 heteroatoms. The number of hydrogen-bond acceptors (Lipinski definition) is 7. The van der Waals surface area contributed by atoms with Crippen LogP contribution in [0.5, 0.6) is 5.88 Å². The lowest BCUT2D eigenvalue weighted by Gasteiger charge is -2.37. The highest BCUT2D eigenvalue weighted by Gasteiger charge is 2.52. The molecule has 1 saturated carbocycles. The highest BCUT2D eigenvalue weighted by atomic mass is 32.2. The number of benzene rings is 1. The number of piperidine rings is 1. The zero-order chi connectivity index (χ0) is 22.5. The molecule has 0 spiro atoms. The van der Waals surface area contributed by atoms with E-state index in [9.17, 15) is 12.8 Å². The van der Waals surface area contributed by atoms with Crippen LogP contribution in [0.2, 0.25) is 0 Å². The summed E-state index contributed by atoms with van der Waals surface area (Å²) in [7, 11) is -3.19. The van der Waals surface area contributed by atoms with Crippen molar-refractivity contribution >= 4 is 21.5 Å². The first kappa shape index (κ1) is 21.1. The fraction of sp³-hybridized carbons (Fsp3) is 0.500. The van der Waals surface area contributed by atoms with Gasteiger partial charge in [-0.05, 0) is 50.8 Å². The summed E-state index contributed by atoms with van der Waals surface area (Å²) in [6.07, 6.45) is 5.77. The van der Waals surface area contributed by atoms with Gasteiger partial charge >= 0.3 is 0 Å². The highest BCUT2D eigenvalue weighted by molar-refractivity contribution is 7.90. The molecule has 3 heterocycles. The molecule has 0 amide bonds. The molecule has 1 aromatic carbocycles. The maximum Gasteiger partial charge on any atom is 0.221 e. The molecule has 8 nitrogen and oxygen atoms in total. The van der Waals surface area contributed by atoms with Gasteiger partial charge in [0.1, 0.15) is 24.1 Å². The molecule has 5 rings (SSSR count). The lowest BCUT2D eigenvalue weighted by Crippen LogP contribution is -2.50. The summed E-state index contributed by atoms with van der Waals surface area (Å²) in [6.45, 7) is 1.79. The quantitative estimate of drug-likeness (QED) is 0.708. The minimum absolute atomic E-state index is 0.0168. The van der Waals surface area contributed by atoms with Gasteiger partial charge in [-0.3, -0.25) is 0 Å². The first-order valence-electron chi connectivity index (χ1n) is 10.8. The molecule has 3 aliphatic rings. The number of aromatic nitrogens is 2. The summed E-state index contributed by atoms with van der Waals surface area (Å²) in [5, 5.41) is 11.7. The summed E-state index contributed by atoms with van der Waals surface area (Å²) in [6, 6.07) is 6.05. The molecule has 2 aromatic rings. The Labute approximate surface area is 186 Å². The molecule has 1 unspecified atom stereocenters. The van der Waals surface area contributed by atoms with Crippen molar-refractivity contribution in [1.82, 2.24) is 14.3 Å². The Kier molecular flexibility index (Phi) is 5.26. The second-order valence-electron chi connectivity index (χ2n) is 8.75. The molecule has 1 N–H and O–H groups in total. The number of nitrogens with one attached hydrogen (secondary N) is 1. The predicted molar refractivity (Wildman–Crippen MR) is 115 cm³/mol. The van der Waals surface area contributed by atoms with E-state index in [4.69, 9.17) is 10.00 Å². The highest BCUT2D eigenvalue weighted by Crippen LogP contribution is 2.43. The van der Waals surface area contributed by atoms with Gasteiger partial charge in [-0.1, -0.05) is 0 Å². The van der Waals surface area contributed by atoms with Crippen LogP contribution in [0.15, 0.2) is 24.5 Å². The molecule has 168 valence electrons. The SMILES string of the molecule is Cc1c(Nc2ccc(C#N)cc2F)ncnc1OC1C[C@H]2CC[C@@H](C1)N2S(=O)(=O)C1CC1. The number of nitriles is 1. The van der Waals surface area contributed by atoms with Crippen molar-refractivity contribution in [2.75, 3.05) is 5.32 Å². The van der Waals surface area contributed by atoms with Crippen molar-refractivity contribution in [2.45, 2.75) is 68.9 Å². The summed E-state index contributed by atoms with van der Waals surface area (Å²) in [5.41, 5.74) is 1.08. The fourth-order valence-electron chi connectivity index (χ4n) is 4.78. The van der Waals surface area contributed by atoms with E-state index in [0.717, 1.165) is 31.7 Å². The van der Waals surface area contributed by atoms with Crippen LogP contribution in [0.25, 0.3) is 0 Å². The molecule has 1 aromatic heterocycles. The van der Waals surface area contributed by atoms with Gasteiger partial charge < -0.3 is 10.1 Å². The number of nitrogens with zero attached hydrogens (tertiary/aromatic N) is 4. The number of halogens is 1. The Bertz CT molecular complexity index is 1180. The molecule has 3 fully saturated rings. The number of fused-ring (bicyclic) bond motifs is 2. The molecular formula is C22H24FN5O3S. The Balaban J connectivity index is 1.30. The predicted octanol–water partition coefficient (Wildman–Crippen LogP) is 3.41. The second-order valence-corrected chi connectivity index (χ2v) is 10.9. The molecule has 3 atom stereocenters. The van der Waals surface area contributed by atoms with Crippen LogP contribution in [-0.4, -0.2) is 46.1 Å². The monoisotopic (exact) mass is 457 g/mol. The summed E-state index contributed by atoms with van der Waals surface area (Å²) < 4.78 is 47.9. The van der Waals surface area contributed by atoms with E-state index < -0.39 is 15.8 Å². The van der Waals surface area contributed by atoms with Crippen LogP contribution in [0.1, 0.15) is 49.7 Å². The maximum atomic E-state index is 14.3. The maximum absolute atomic E-state index is 14.3. The van der Waals surface area contributed by atoms with Crippen LogP contribution in [0, 0.1) is 24.1 Å². The molecule has 2 bridgehead atoms. The van der Waals surface area contributed by atoms with Crippen molar-refractivity contribution in [3.05, 3.63) is 41.5 Å². The van der Waals surface area contributed by atoms with Crippen molar-refractivity contribution in [1.29, 1.82) is 5.26 Å². The summed E-state index contributed by atoms with van der Waals surface area (Å²) >= 11 is 0. The molecule has 0 radical (unpaired) electrons. The smallest absolute Gasteiger partial charge is 0.221 e. The van der Waals surface area contributed by atoms with E-state index in [0.29, 0.717) is 30.1 Å². The zero-order valence-electron chi connectivity index (χ0n) is 17.7. The van der Waals surface area contributed by atoms with Gasteiger partial charge in [0.05, 0.1) is 28.1 Å². The van der Waals surface area contributed by atoms with Gasteiger partial charge in [0, 0.05) is 24.9 Å². The summed E-state index contributed by atoms with van der Waals surface area (Å²) in [4.78, 5) is 8.46. The van der Waals surface area contributed by atoms with Gasteiger partial charge in [-0.25, -0.2) is 22.8 Å². The fourth-order valence-corrected chi connectivity index (χ4v) is 7.07. The third kappa shape index (κ3) is 3.80. The Morgan fingerprint density at radius 2 is 1.91 bits per heavy atom. The number of hydrogen-bond donors (Lipinski definition) is 1. The Hall–Kier alpha value is -2.77. The van der Waals surface area contributed by atoms with Crippen LogP contribution in [0.4, 0.5) is 15.9 Å². The second kappa shape index (κ2) is 7.98. The van der Waals surface area contributed by atoms with Crippen molar-refractivity contribution < 1.29 is 17.5 Å². The lowest BCUT2D eigenvalue weighted by molar-refractivity contribution is 0.0910. The normalized spacial score (nSPS) is 25.3. The van der Waals surface area contributed by atoms with Crippen molar-refractivity contribution in [3.63, 3.8) is 0 Å². The minimum atomic E-state index is -3.19. The largest absolute Gasteiger partial charge is 0.474 e. The number of ether oxygens (including phenoxy) is 1. The van der Waals surface area contributed by atoms with Gasteiger partial charge in [0.15, 0.2) is 0 Å². The van der Waals surface area contributed by atoms with E-state index in [1.807, 2.05) is 6.07 Å². The first-order chi connectivity index (χ1) is 15.4. The number of rotatable bonds is 6. The van der Waals surface area contributed by atoms with Gasteiger partial charge in [-0.15, -0.1) is 0 Å². The number of anilines is 2. The Morgan fingerprint density at radius 1 is 1.19 bits per heavy atom. The average Bonchev–Trinajstić information content (AvgIpc) is 3.58. The zero-order valence-corrected chi connectivity index (χ0v) is 18.5. The third-order valence-corrected chi connectivity index (χ3v) is 9.03. The molecule has 2 saturated heterocycles. The standard InChI is InChI=1S/C22H24FN5O3S/c1-13-21(27-20-7-2-14(11-24)8-19(20)23)25-12-26-22(13)31-17-9-15-3-4-16(10-17)28(15)32(29,30)18-5-6-18/h2,7-8,12,15-18H,3-6,9-10H2,1H3,(H,25,26,27)/t15-,16+,17?. The lowest BCUT2D eigenvalue weighted by atomic mass is 10.0. The van der Waals surface area contributed by atoms with Crippen LogP contribution in [-0.2, 0) is 10.0 Å². The van der Waals surface area contributed by atoms with Crippen LogP contribution >= 0.6 is 0 Å². The van der Waals surface area contributed by atoms with E-state index in [1.54, 1.807) is 11.2 Å². The molecule has 1 aliphatic carbocycles. The van der Waals surface area contributed by atoms with Gasteiger partial charge in [0.25, 0.3) is 0 Å². The Morgan fingerprint density at radius 3 is 2.53 bits per heavy atom. The molecule has 2 aliphatic heterocycles. The van der Waals surface area contributed by atoms with E-state index in [1.165, 1.54) is 18.5 Å². The van der Waals surface area contributed by atoms with Crippen molar-refractivity contribution in [2.24, 2.45) is 0 Å². The molecular weight excluding hydrogens is 433 g/mol. The van der Waals surface area contributed by atoms with Gasteiger partial charge in [0.2, 0.25) is 15.9 Å². The van der Waals surface area contributed by atoms with E-state index >= 15 is 0 Å². The van der Waals surface area contributed by atoms with Crippen molar-refractivity contribution in [3.8, 4) is 11.9 Å². The van der Waals surface area contributed by atoms with Crippen LogP contribution in [0.3, 0.4) is 0 Å². The first-order valence-corrected chi connectivity index (χ1v) is 12.3. The van der Waals surface area contributed by atoms with E-state index in [-0.39, 0.29) is 34.7 Å². The third-order valence-electron chi connectivity index (χ3n) is 6.53.